The van der Waals surface area contributed by atoms with Crippen molar-refractivity contribution in [3.63, 3.8) is 0 Å². The van der Waals surface area contributed by atoms with E-state index in [-0.39, 0.29) is 23.5 Å². The third-order valence-corrected chi connectivity index (χ3v) is 6.29. The molecule has 2 aromatic rings. The predicted molar refractivity (Wildman–Crippen MR) is 106 cm³/mol. The molecule has 2 aromatic carbocycles. The maximum absolute atomic E-state index is 12.4. The Kier molecular flexibility index (Phi) is 6.13. The van der Waals surface area contributed by atoms with Gasteiger partial charge in [0.15, 0.2) is 9.84 Å². The summed E-state index contributed by atoms with van der Waals surface area (Å²) < 4.78 is 28.8. The molecule has 1 heterocycles. The molecule has 1 aliphatic heterocycles. The average molecular weight is 388 g/mol. The zero-order valence-corrected chi connectivity index (χ0v) is 16.1. The molecule has 144 valence electrons. The van der Waals surface area contributed by atoms with Gasteiger partial charge < -0.3 is 10.1 Å². The Balaban J connectivity index is 1.50. The highest BCUT2D eigenvalue weighted by atomic mass is 32.2. The second-order valence-corrected chi connectivity index (χ2v) is 8.96. The number of ether oxygens (including phenoxy) is 1. The first-order valence-electron chi connectivity index (χ1n) is 8.95. The van der Waals surface area contributed by atoms with Crippen LogP contribution < -0.4 is 10.1 Å². The second kappa shape index (κ2) is 8.54. The van der Waals surface area contributed by atoms with Crippen molar-refractivity contribution >= 4 is 21.4 Å². The summed E-state index contributed by atoms with van der Waals surface area (Å²) in [5, 5.41) is 2.88. The number of amides is 1. The van der Waals surface area contributed by atoms with Crippen molar-refractivity contribution in [3.05, 3.63) is 60.2 Å². The second-order valence-electron chi connectivity index (χ2n) is 6.65. The fourth-order valence-electron chi connectivity index (χ4n) is 2.90. The van der Waals surface area contributed by atoms with Crippen molar-refractivity contribution in [2.24, 2.45) is 0 Å². The summed E-state index contributed by atoms with van der Waals surface area (Å²) in [7, 11) is -2.95. The summed E-state index contributed by atoms with van der Waals surface area (Å²) in [6, 6.07) is 16.8. The van der Waals surface area contributed by atoms with Crippen molar-refractivity contribution in [3.8, 4) is 5.75 Å². The van der Waals surface area contributed by atoms with E-state index in [2.05, 4.69) is 5.32 Å². The molecule has 6 nitrogen and oxygen atoms in total. The lowest BCUT2D eigenvalue weighted by molar-refractivity contribution is -0.120. The van der Waals surface area contributed by atoms with E-state index in [1.807, 2.05) is 47.4 Å². The highest BCUT2D eigenvalue weighted by Gasteiger charge is 2.28. The standard InChI is InChI=1S/C20H24N2O4S/c1-16(22-11-13-27(24,25)14-12-22)20(23)21-18-7-9-19(10-8-18)26-15-17-5-3-2-4-6-17/h2-10,16H,11-15H2,1H3,(H,21,23). The van der Waals surface area contributed by atoms with Gasteiger partial charge in [0.1, 0.15) is 12.4 Å². The fraction of sp³-hybridized carbons (Fsp3) is 0.350. The van der Waals surface area contributed by atoms with Crippen LogP contribution in [0, 0.1) is 0 Å². The predicted octanol–water partition coefficient (Wildman–Crippen LogP) is 2.32. The van der Waals surface area contributed by atoms with Gasteiger partial charge in [0.2, 0.25) is 5.91 Å². The number of rotatable bonds is 6. The third kappa shape index (κ3) is 5.55. The van der Waals surface area contributed by atoms with Crippen molar-refractivity contribution in [1.82, 2.24) is 4.90 Å². The van der Waals surface area contributed by atoms with E-state index in [0.29, 0.717) is 25.4 Å². The van der Waals surface area contributed by atoms with Gasteiger partial charge in [-0.2, -0.15) is 0 Å². The number of carbonyl (C=O) groups is 1. The molecule has 0 aliphatic carbocycles. The molecule has 3 rings (SSSR count). The smallest absolute Gasteiger partial charge is 0.241 e. The molecule has 0 radical (unpaired) electrons. The largest absolute Gasteiger partial charge is 0.489 e. The molecule has 1 saturated heterocycles. The minimum Gasteiger partial charge on any atom is -0.489 e. The molecule has 7 heteroatoms. The summed E-state index contributed by atoms with van der Waals surface area (Å²) in [4.78, 5) is 14.3. The zero-order valence-electron chi connectivity index (χ0n) is 15.3. The van der Waals surface area contributed by atoms with Crippen molar-refractivity contribution in [2.45, 2.75) is 19.6 Å². The third-order valence-electron chi connectivity index (χ3n) is 4.68. The molecule has 1 atom stereocenters. The lowest BCUT2D eigenvalue weighted by Crippen LogP contribution is -2.49. The van der Waals surface area contributed by atoms with E-state index in [0.717, 1.165) is 11.3 Å². The van der Waals surface area contributed by atoms with Gasteiger partial charge in [-0.25, -0.2) is 8.42 Å². The molecular formula is C20H24N2O4S. The van der Waals surface area contributed by atoms with Gasteiger partial charge in [-0.1, -0.05) is 30.3 Å². The Bertz CT molecular complexity index is 853. The van der Waals surface area contributed by atoms with Gasteiger partial charge in [0, 0.05) is 18.8 Å². The summed E-state index contributed by atoms with van der Waals surface area (Å²) in [5.41, 5.74) is 1.77. The summed E-state index contributed by atoms with van der Waals surface area (Å²) in [6.07, 6.45) is 0. The normalized spacial score (nSPS) is 17.8. The van der Waals surface area contributed by atoms with E-state index >= 15 is 0 Å². The maximum atomic E-state index is 12.4. The molecule has 1 aliphatic rings. The number of nitrogens with zero attached hydrogens (tertiary/aromatic N) is 1. The van der Waals surface area contributed by atoms with Crippen molar-refractivity contribution in [1.29, 1.82) is 0 Å². The zero-order chi connectivity index (χ0) is 19.3. The SMILES string of the molecule is CC(C(=O)Nc1ccc(OCc2ccccc2)cc1)N1CCS(=O)(=O)CC1. The summed E-state index contributed by atoms with van der Waals surface area (Å²) in [5.74, 6) is 0.800. The number of hydrogen-bond donors (Lipinski definition) is 1. The van der Waals surface area contributed by atoms with E-state index in [4.69, 9.17) is 4.74 Å². The molecule has 0 spiro atoms. The Labute approximate surface area is 160 Å². The van der Waals surface area contributed by atoms with E-state index in [1.165, 1.54) is 0 Å². The fourth-order valence-corrected chi connectivity index (χ4v) is 4.13. The van der Waals surface area contributed by atoms with Crippen molar-refractivity contribution < 1.29 is 17.9 Å². The Morgan fingerprint density at radius 2 is 1.70 bits per heavy atom. The molecular weight excluding hydrogens is 364 g/mol. The van der Waals surface area contributed by atoms with Crippen LogP contribution in [0.5, 0.6) is 5.75 Å². The van der Waals surface area contributed by atoms with Gasteiger partial charge in [0.05, 0.1) is 17.5 Å². The number of benzene rings is 2. The quantitative estimate of drug-likeness (QED) is 0.822. The van der Waals surface area contributed by atoms with Gasteiger partial charge in [-0.15, -0.1) is 0 Å². The molecule has 0 saturated carbocycles. The van der Waals surface area contributed by atoms with Gasteiger partial charge in [-0.3, -0.25) is 9.69 Å². The van der Waals surface area contributed by atoms with Crippen LogP contribution in [0.3, 0.4) is 0 Å². The van der Waals surface area contributed by atoms with E-state index < -0.39 is 9.84 Å². The van der Waals surface area contributed by atoms with Crippen LogP contribution in [0.1, 0.15) is 12.5 Å². The minimum absolute atomic E-state index is 0.109. The van der Waals surface area contributed by atoms with E-state index in [9.17, 15) is 13.2 Å². The minimum atomic E-state index is -2.95. The highest BCUT2D eigenvalue weighted by molar-refractivity contribution is 7.91. The highest BCUT2D eigenvalue weighted by Crippen LogP contribution is 2.18. The van der Waals surface area contributed by atoms with Crippen LogP contribution in [-0.4, -0.2) is 49.9 Å². The Hall–Kier alpha value is -2.38. The Morgan fingerprint density at radius 3 is 2.33 bits per heavy atom. The van der Waals surface area contributed by atoms with Crippen LogP contribution in [-0.2, 0) is 21.2 Å². The van der Waals surface area contributed by atoms with Crippen LogP contribution in [0.2, 0.25) is 0 Å². The number of carbonyl (C=O) groups excluding carboxylic acids is 1. The number of sulfone groups is 1. The topological polar surface area (TPSA) is 75.7 Å². The van der Waals surface area contributed by atoms with Gasteiger partial charge >= 0.3 is 0 Å². The van der Waals surface area contributed by atoms with E-state index in [1.54, 1.807) is 19.1 Å². The monoisotopic (exact) mass is 388 g/mol. The molecule has 27 heavy (non-hydrogen) atoms. The van der Waals surface area contributed by atoms with Crippen molar-refractivity contribution in [2.75, 3.05) is 29.9 Å². The summed E-state index contributed by atoms with van der Waals surface area (Å²) >= 11 is 0. The lowest BCUT2D eigenvalue weighted by Gasteiger charge is -2.31. The molecule has 1 N–H and O–H groups in total. The Morgan fingerprint density at radius 1 is 1.07 bits per heavy atom. The van der Waals surface area contributed by atoms with Crippen LogP contribution in [0.4, 0.5) is 5.69 Å². The first-order chi connectivity index (χ1) is 12.9. The lowest BCUT2D eigenvalue weighted by atomic mass is 10.2. The first-order valence-corrected chi connectivity index (χ1v) is 10.8. The average Bonchev–Trinajstić information content (AvgIpc) is 2.68. The van der Waals surface area contributed by atoms with Crippen LogP contribution in [0.15, 0.2) is 54.6 Å². The molecule has 0 aromatic heterocycles. The number of hydrogen-bond acceptors (Lipinski definition) is 5. The molecule has 1 amide bonds. The van der Waals surface area contributed by atoms with Crippen LogP contribution >= 0.6 is 0 Å². The number of nitrogens with one attached hydrogen (secondary N) is 1. The molecule has 1 unspecified atom stereocenters. The maximum Gasteiger partial charge on any atom is 0.241 e. The van der Waals surface area contributed by atoms with Gasteiger partial charge in [-0.05, 0) is 36.8 Å². The molecule has 1 fully saturated rings. The van der Waals surface area contributed by atoms with Crippen LogP contribution in [0.25, 0.3) is 0 Å². The molecule has 0 bridgehead atoms. The number of anilines is 1. The summed E-state index contributed by atoms with van der Waals surface area (Å²) in [6.45, 7) is 3.07. The first kappa shape index (κ1) is 19.4. The van der Waals surface area contributed by atoms with Gasteiger partial charge in [0.25, 0.3) is 0 Å².